The van der Waals surface area contributed by atoms with Crippen LogP contribution in [-0.2, 0) is 28.9 Å². The standard InChI is InChI=1S/C23H29N5O3S/c1-23(2,3)15-4-5-16-17(11-24)21(32-19(16)10-15)26-20(29)13-27-12-18(25-14-27)22(30)28-6-8-31-9-7-28/h12,14-15H,4-10,13H2,1-3H3,(H,26,29). The number of imidazole rings is 1. The molecule has 170 valence electrons. The first-order valence-corrected chi connectivity index (χ1v) is 11.8. The summed E-state index contributed by atoms with van der Waals surface area (Å²) in [5.41, 5.74) is 2.22. The zero-order chi connectivity index (χ0) is 22.9. The molecule has 1 atom stereocenters. The highest BCUT2D eigenvalue weighted by Crippen LogP contribution is 2.43. The number of carbonyl (C=O) groups is 2. The van der Waals surface area contributed by atoms with Crippen LogP contribution in [0.1, 0.15) is 53.7 Å². The van der Waals surface area contributed by atoms with Crippen LogP contribution in [0.2, 0.25) is 0 Å². The van der Waals surface area contributed by atoms with E-state index in [1.807, 2.05) is 0 Å². The molecule has 3 heterocycles. The van der Waals surface area contributed by atoms with Gasteiger partial charge in [-0.25, -0.2) is 4.98 Å². The lowest BCUT2D eigenvalue weighted by atomic mass is 9.72. The Labute approximate surface area is 192 Å². The summed E-state index contributed by atoms with van der Waals surface area (Å²) < 4.78 is 6.87. The minimum absolute atomic E-state index is 0.0292. The Morgan fingerprint density at radius 1 is 1.34 bits per heavy atom. The number of fused-ring (bicyclic) bond motifs is 1. The van der Waals surface area contributed by atoms with Crippen LogP contribution >= 0.6 is 11.3 Å². The van der Waals surface area contributed by atoms with Crippen LogP contribution < -0.4 is 5.32 Å². The third-order valence-electron chi connectivity index (χ3n) is 6.33. The van der Waals surface area contributed by atoms with E-state index in [9.17, 15) is 14.9 Å². The number of hydrogen-bond donors (Lipinski definition) is 1. The number of amides is 2. The Bertz CT molecular complexity index is 1050. The predicted molar refractivity (Wildman–Crippen MR) is 122 cm³/mol. The van der Waals surface area contributed by atoms with Gasteiger partial charge in [0.05, 0.1) is 25.1 Å². The van der Waals surface area contributed by atoms with E-state index >= 15 is 0 Å². The number of hydrogen-bond acceptors (Lipinski definition) is 6. The molecule has 9 heteroatoms. The van der Waals surface area contributed by atoms with Gasteiger partial charge >= 0.3 is 0 Å². The van der Waals surface area contributed by atoms with E-state index in [4.69, 9.17) is 4.74 Å². The fourth-order valence-electron chi connectivity index (χ4n) is 4.35. The van der Waals surface area contributed by atoms with Crippen molar-refractivity contribution >= 4 is 28.2 Å². The largest absolute Gasteiger partial charge is 0.378 e. The number of rotatable bonds is 4. The SMILES string of the molecule is CC(C)(C)C1CCc2c(sc(NC(=O)Cn3cnc(C(=O)N4CCOCC4)c3)c2C#N)C1. The number of carbonyl (C=O) groups excluding carboxylic acids is 2. The topological polar surface area (TPSA) is 100 Å². The van der Waals surface area contributed by atoms with Gasteiger partial charge in [0.1, 0.15) is 23.3 Å². The molecule has 8 nitrogen and oxygen atoms in total. The number of aromatic nitrogens is 2. The monoisotopic (exact) mass is 455 g/mol. The van der Waals surface area contributed by atoms with Crippen molar-refractivity contribution in [3.8, 4) is 6.07 Å². The van der Waals surface area contributed by atoms with Gasteiger partial charge in [-0.2, -0.15) is 5.26 Å². The van der Waals surface area contributed by atoms with Crippen LogP contribution in [0.25, 0.3) is 0 Å². The molecule has 1 unspecified atom stereocenters. The highest BCUT2D eigenvalue weighted by molar-refractivity contribution is 7.16. The maximum Gasteiger partial charge on any atom is 0.274 e. The second kappa shape index (κ2) is 9.04. The lowest BCUT2D eigenvalue weighted by Crippen LogP contribution is -2.40. The van der Waals surface area contributed by atoms with Gasteiger partial charge in [0, 0.05) is 24.2 Å². The number of nitrogens with one attached hydrogen (secondary N) is 1. The Balaban J connectivity index is 1.42. The molecule has 0 radical (unpaired) electrons. The number of anilines is 1. The Morgan fingerprint density at radius 2 is 2.09 bits per heavy atom. The molecule has 1 N–H and O–H groups in total. The summed E-state index contributed by atoms with van der Waals surface area (Å²) >= 11 is 1.52. The summed E-state index contributed by atoms with van der Waals surface area (Å²) in [4.78, 5) is 32.3. The smallest absolute Gasteiger partial charge is 0.274 e. The van der Waals surface area contributed by atoms with Crippen LogP contribution in [0, 0.1) is 22.7 Å². The molecule has 2 amide bonds. The number of thiophene rings is 1. The van der Waals surface area contributed by atoms with Crippen LogP contribution in [0.4, 0.5) is 5.00 Å². The van der Waals surface area contributed by atoms with Crippen molar-refractivity contribution in [3.63, 3.8) is 0 Å². The molecule has 0 spiro atoms. The van der Waals surface area contributed by atoms with E-state index in [1.54, 1.807) is 15.7 Å². The molecule has 0 aromatic carbocycles. The van der Waals surface area contributed by atoms with Crippen molar-refractivity contribution in [2.24, 2.45) is 11.3 Å². The Morgan fingerprint density at radius 3 is 2.78 bits per heavy atom. The van der Waals surface area contributed by atoms with E-state index in [0.29, 0.717) is 48.5 Å². The maximum absolute atomic E-state index is 12.7. The van der Waals surface area contributed by atoms with E-state index in [2.05, 4.69) is 37.1 Å². The van der Waals surface area contributed by atoms with Crippen LogP contribution in [0.5, 0.6) is 0 Å². The minimum Gasteiger partial charge on any atom is -0.378 e. The second-order valence-corrected chi connectivity index (χ2v) is 10.6. The van der Waals surface area contributed by atoms with Gasteiger partial charge in [-0.3, -0.25) is 9.59 Å². The van der Waals surface area contributed by atoms with Gasteiger partial charge in [-0.1, -0.05) is 20.8 Å². The zero-order valence-corrected chi connectivity index (χ0v) is 19.6. The molecule has 4 rings (SSSR count). The summed E-state index contributed by atoms with van der Waals surface area (Å²) in [5, 5.41) is 13.3. The maximum atomic E-state index is 12.7. The first kappa shape index (κ1) is 22.5. The fourth-order valence-corrected chi connectivity index (χ4v) is 5.64. The average molecular weight is 456 g/mol. The predicted octanol–water partition coefficient (Wildman–Crippen LogP) is 3.08. The van der Waals surface area contributed by atoms with Crippen molar-refractivity contribution in [2.75, 3.05) is 31.6 Å². The molecule has 2 aromatic heterocycles. The van der Waals surface area contributed by atoms with Gasteiger partial charge in [-0.05, 0) is 36.2 Å². The number of nitrogens with zero attached hydrogens (tertiary/aromatic N) is 4. The lowest BCUT2D eigenvalue weighted by Gasteiger charge is -2.33. The first-order chi connectivity index (χ1) is 15.3. The van der Waals surface area contributed by atoms with Gasteiger partial charge in [0.25, 0.3) is 5.91 Å². The van der Waals surface area contributed by atoms with E-state index < -0.39 is 0 Å². The highest BCUT2D eigenvalue weighted by Gasteiger charge is 2.32. The van der Waals surface area contributed by atoms with Gasteiger partial charge < -0.3 is 19.5 Å². The van der Waals surface area contributed by atoms with Gasteiger partial charge in [0.2, 0.25) is 5.91 Å². The molecule has 1 aliphatic carbocycles. The minimum atomic E-state index is -0.241. The number of morpholine rings is 1. The van der Waals surface area contributed by atoms with Gasteiger partial charge in [-0.15, -0.1) is 11.3 Å². The second-order valence-electron chi connectivity index (χ2n) is 9.51. The zero-order valence-electron chi connectivity index (χ0n) is 18.8. The Hall–Kier alpha value is -2.70. The first-order valence-electron chi connectivity index (χ1n) is 11.0. The molecule has 1 aliphatic heterocycles. The Kier molecular flexibility index (Phi) is 6.35. The summed E-state index contributed by atoms with van der Waals surface area (Å²) in [5.74, 6) is 0.172. The third-order valence-corrected chi connectivity index (χ3v) is 7.50. The molecule has 1 saturated heterocycles. The highest BCUT2D eigenvalue weighted by atomic mass is 32.1. The summed E-state index contributed by atoms with van der Waals surface area (Å²) in [6.45, 7) is 8.94. The average Bonchev–Trinajstić information content (AvgIpc) is 3.36. The normalized spacial score (nSPS) is 18.7. The summed E-state index contributed by atoms with van der Waals surface area (Å²) in [6, 6.07) is 2.30. The van der Waals surface area contributed by atoms with Crippen molar-refractivity contribution in [1.29, 1.82) is 5.26 Å². The molecular formula is C23H29N5O3S. The molecular weight excluding hydrogens is 426 g/mol. The van der Waals surface area contributed by atoms with Crippen molar-refractivity contribution in [3.05, 3.63) is 34.2 Å². The molecule has 32 heavy (non-hydrogen) atoms. The molecule has 0 bridgehead atoms. The number of ether oxygens (including phenoxy) is 1. The van der Waals surface area contributed by atoms with Gasteiger partial charge in [0.15, 0.2) is 0 Å². The van der Waals surface area contributed by atoms with Crippen molar-refractivity contribution in [2.45, 2.75) is 46.6 Å². The fraction of sp³-hybridized carbons (Fsp3) is 0.565. The van der Waals surface area contributed by atoms with Crippen LogP contribution in [0.3, 0.4) is 0 Å². The van der Waals surface area contributed by atoms with Crippen molar-refractivity contribution in [1.82, 2.24) is 14.5 Å². The summed E-state index contributed by atoms with van der Waals surface area (Å²) in [7, 11) is 0. The van der Waals surface area contributed by atoms with E-state index in [1.165, 1.54) is 22.5 Å². The molecule has 0 saturated carbocycles. The molecule has 2 aliphatic rings. The number of nitriles is 1. The third kappa shape index (κ3) is 4.71. The molecule has 2 aromatic rings. The quantitative estimate of drug-likeness (QED) is 0.764. The van der Waals surface area contributed by atoms with Crippen LogP contribution in [-0.4, -0.2) is 52.6 Å². The lowest BCUT2D eigenvalue weighted by molar-refractivity contribution is -0.116. The summed E-state index contributed by atoms with van der Waals surface area (Å²) in [6.07, 6.45) is 5.97. The van der Waals surface area contributed by atoms with Crippen molar-refractivity contribution < 1.29 is 14.3 Å². The van der Waals surface area contributed by atoms with Crippen LogP contribution in [0.15, 0.2) is 12.5 Å². The van der Waals surface area contributed by atoms with E-state index in [0.717, 1.165) is 24.8 Å². The molecule has 1 fully saturated rings. The van der Waals surface area contributed by atoms with E-state index in [-0.39, 0.29) is 23.8 Å².